The van der Waals surface area contributed by atoms with Gasteiger partial charge in [0.05, 0.1) is 22.8 Å². The van der Waals surface area contributed by atoms with Gasteiger partial charge >= 0.3 is 5.97 Å². The summed E-state index contributed by atoms with van der Waals surface area (Å²) in [4.78, 5) is 17.2. The zero-order valence-corrected chi connectivity index (χ0v) is 14.3. The van der Waals surface area contributed by atoms with Gasteiger partial charge in [-0.2, -0.15) is 10.4 Å². The van der Waals surface area contributed by atoms with Gasteiger partial charge in [-0.05, 0) is 26.8 Å². The fraction of sp³-hybridized carbons (Fsp3) is 0.263. The van der Waals surface area contributed by atoms with Gasteiger partial charge in [-0.15, -0.1) is 0 Å². The van der Waals surface area contributed by atoms with Crippen molar-refractivity contribution in [2.45, 2.75) is 32.9 Å². The van der Waals surface area contributed by atoms with Gasteiger partial charge in [-0.3, -0.25) is 0 Å². The first-order valence-electron chi connectivity index (χ1n) is 8.05. The molecule has 25 heavy (non-hydrogen) atoms. The molecule has 0 aliphatic carbocycles. The minimum Gasteiger partial charge on any atom is -0.444 e. The zero-order chi connectivity index (χ0) is 18.0. The summed E-state index contributed by atoms with van der Waals surface area (Å²) in [5.74, 6) is -0.554. The van der Waals surface area contributed by atoms with E-state index in [4.69, 9.17) is 15.0 Å². The van der Waals surface area contributed by atoms with Crippen LogP contribution in [0.1, 0.15) is 37.2 Å². The van der Waals surface area contributed by atoms with E-state index in [2.05, 4.69) is 5.10 Å². The molecule has 3 rings (SSSR count). The van der Waals surface area contributed by atoms with E-state index in [9.17, 15) is 4.79 Å². The van der Waals surface area contributed by atoms with Crippen molar-refractivity contribution in [3.8, 4) is 17.3 Å². The Bertz CT molecular complexity index is 955. The molecule has 0 spiro atoms. The topological polar surface area (TPSA) is 80.8 Å². The second-order valence-corrected chi connectivity index (χ2v) is 6.02. The van der Waals surface area contributed by atoms with Crippen LogP contribution in [0.25, 0.3) is 22.3 Å². The summed E-state index contributed by atoms with van der Waals surface area (Å²) in [6, 6.07) is 13.3. The van der Waals surface area contributed by atoms with Gasteiger partial charge in [0, 0.05) is 11.6 Å². The fourth-order valence-electron chi connectivity index (χ4n) is 2.57. The first-order chi connectivity index (χ1) is 12.0. The molecule has 3 aromatic rings. The molecule has 0 unspecified atom stereocenters. The summed E-state index contributed by atoms with van der Waals surface area (Å²) < 4.78 is 6.96. The van der Waals surface area contributed by atoms with Crippen molar-refractivity contribution in [1.29, 1.82) is 5.26 Å². The first-order valence-corrected chi connectivity index (χ1v) is 8.05. The lowest BCUT2D eigenvalue weighted by atomic mass is 10.1. The van der Waals surface area contributed by atoms with Crippen LogP contribution in [0.5, 0.6) is 0 Å². The first kappa shape index (κ1) is 16.7. The normalized spacial score (nSPS) is 12.1. The Morgan fingerprint density at radius 3 is 2.60 bits per heavy atom. The van der Waals surface area contributed by atoms with E-state index < -0.39 is 12.1 Å². The summed E-state index contributed by atoms with van der Waals surface area (Å²) in [5.41, 5.74) is 2.53. The standard InChI is InChI=1S/C19H18N4O2/c1-12(2)23-18-16(11-21-23)15(19(24)25-13(3)10-20)9-17(22-18)14-7-5-4-6-8-14/h4-9,11-13H,1-3H3/t13-/m0/s1. The number of aromatic nitrogens is 3. The third kappa shape index (κ3) is 3.22. The number of carbonyl (C=O) groups excluding carboxylic acids is 1. The number of esters is 1. The van der Waals surface area contributed by atoms with Crippen molar-refractivity contribution in [3.05, 3.63) is 48.2 Å². The second-order valence-electron chi connectivity index (χ2n) is 6.02. The van der Waals surface area contributed by atoms with Gasteiger partial charge in [0.2, 0.25) is 0 Å². The lowest BCUT2D eigenvalue weighted by Crippen LogP contribution is -2.14. The predicted molar refractivity (Wildman–Crippen MR) is 93.8 cm³/mol. The van der Waals surface area contributed by atoms with Crippen molar-refractivity contribution in [2.24, 2.45) is 0 Å². The van der Waals surface area contributed by atoms with Crippen LogP contribution >= 0.6 is 0 Å². The molecular formula is C19H18N4O2. The molecule has 0 amide bonds. The lowest BCUT2D eigenvalue weighted by Gasteiger charge is -2.11. The summed E-state index contributed by atoms with van der Waals surface area (Å²) in [6.45, 7) is 5.53. The van der Waals surface area contributed by atoms with Gasteiger partial charge in [0.25, 0.3) is 0 Å². The highest BCUT2D eigenvalue weighted by Gasteiger charge is 2.20. The Morgan fingerprint density at radius 1 is 1.24 bits per heavy atom. The molecule has 2 heterocycles. The monoisotopic (exact) mass is 334 g/mol. The molecule has 126 valence electrons. The number of fused-ring (bicyclic) bond motifs is 1. The van der Waals surface area contributed by atoms with Crippen LogP contribution in [-0.4, -0.2) is 26.8 Å². The average Bonchev–Trinajstić information content (AvgIpc) is 3.05. The summed E-state index contributed by atoms with van der Waals surface area (Å²) in [5, 5.41) is 13.9. The average molecular weight is 334 g/mol. The molecule has 0 bridgehead atoms. The predicted octanol–water partition coefficient (Wildman–Crippen LogP) is 3.75. The van der Waals surface area contributed by atoms with E-state index >= 15 is 0 Å². The molecule has 0 aliphatic heterocycles. The zero-order valence-electron chi connectivity index (χ0n) is 14.3. The Balaban J connectivity index is 2.21. The van der Waals surface area contributed by atoms with Crippen LogP contribution < -0.4 is 0 Å². The maximum absolute atomic E-state index is 12.6. The van der Waals surface area contributed by atoms with Gasteiger partial charge in [0.15, 0.2) is 11.8 Å². The molecule has 1 aromatic carbocycles. The largest absolute Gasteiger partial charge is 0.444 e. The summed E-state index contributed by atoms with van der Waals surface area (Å²) in [7, 11) is 0. The SMILES string of the molecule is CC(C)n1ncc2c(C(=O)O[C@@H](C)C#N)cc(-c3ccccc3)nc21. The molecule has 6 nitrogen and oxygen atoms in total. The highest BCUT2D eigenvalue weighted by molar-refractivity contribution is 6.03. The van der Waals surface area contributed by atoms with E-state index in [1.165, 1.54) is 6.92 Å². The molecule has 0 saturated carbocycles. The number of rotatable bonds is 4. The van der Waals surface area contributed by atoms with E-state index in [1.54, 1.807) is 16.9 Å². The molecule has 2 aromatic heterocycles. The van der Waals surface area contributed by atoms with Gasteiger partial charge in [-0.25, -0.2) is 14.5 Å². The number of pyridine rings is 1. The molecule has 0 N–H and O–H groups in total. The van der Waals surface area contributed by atoms with Crippen LogP contribution in [0.4, 0.5) is 0 Å². The van der Waals surface area contributed by atoms with Gasteiger partial charge in [0.1, 0.15) is 6.07 Å². The maximum Gasteiger partial charge on any atom is 0.340 e. The highest BCUT2D eigenvalue weighted by atomic mass is 16.5. The molecular weight excluding hydrogens is 316 g/mol. The van der Waals surface area contributed by atoms with Crippen molar-refractivity contribution in [1.82, 2.24) is 14.8 Å². The van der Waals surface area contributed by atoms with E-state index in [1.807, 2.05) is 50.2 Å². The van der Waals surface area contributed by atoms with Crippen molar-refractivity contribution < 1.29 is 9.53 Å². The number of hydrogen-bond acceptors (Lipinski definition) is 5. The van der Waals surface area contributed by atoms with Crippen LogP contribution in [0.2, 0.25) is 0 Å². The third-order valence-corrected chi connectivity index (χ3v) is 3.81. The quantitative estimate of drug-likeness (QED) is 0.679. The smallest absolute Gasteiger partial charge is 0.340 e. The highest BCUT2D eigenvalue weighted by Crippen LogP contribution is 2.27. The molecule has 6 heteroatoms. The summed E-state index contributed by atoms with van der Waals surface area (Å²) >= 11 is 0. The van der Waals surface area contributed by atoms with Crippen molar-refractivity contribution >= 4 is 17.0 Å². The second kappa shape index (κ2) is 6.73. The van der Waals surface area contributed by atoms with E-state index in [0.29, 0.717) is 22.3 Å². The number of benzene rings is 1. The minimum atomic E-state index is -0.823. The summed E-state index contributed by atoms with van der Waals surface area (Å²) in [6.07, 6.45) is 0.793. The minimum absolute atomic E-state index is 0.0953. The van der Waals surface area contributed by atoms with Gasteiger partial charge in [-0.1, -0.05) is 30.3 Å². The lowest BCUT2D eigenvalue weighted by molar-refractivity contribution is 0.0438. The Hall–Kier alpha value is -3.20. The number of nitriles is 1. The molecule has 1 atom stereocenters. The molecule has 0 fully saturated rings. The third-order valence-electron chi connectivity index (χ3n) is 3.81. The van der Waals surface area contributed by atoms with E-state index in [-0.39, 0.29) is 6.04 Å². The molecule has 0 saturated heterocycles. The van der Waals surface area contributed by atoms with Crippen LogP contribution in [0, 0.1) is 11.3 Å². The number of carbonyl (C=O) groups is 1. The Kier molecular flexibility index (Phi) is 4.48. The Labute approximate surface area is 145 Å². The molecule has 0 aliphatic rings. The van der Waals surface area contributed by atoms with Crippen LogP contribution in [-0.2, 0) is 4.74 Å². The van der Waals surface area contributed by atoms with E-state index in [0.717, 1.165) is 5.56 Å². The van der Waals surface area contributed by atoms with Gasteiger partial charge < -0.3 is 4.74 Å². The number of nitrogens with zero attached hydrogens (tertiary/aromatic N) is 4. The van der Waals surface area contributed by atoms with Crippen molar-refractivity contribution in [3.63, 3.8) is 0 Å². The fourth-order valence-corrected chi connectivity index (χ4v) is 2.57. The number of ether oxygens (including phenoxy) is 1. The molecule has 0 radical (unpaired) electrons. The van der Waals surface area contributed by atoms with Crippen LogP contribution in [0.15, 0.2) is 42.6 Å². The van der Waals surface area contributed by atoms with Crippen LogP contribution in [0.3, 0.4) is 0 Å². The Morgan fingerprint density at radius 2 is 1.96 bits per heavy atom. The van der Waals surface area contributed by atoms with Crippen molar-refractivity contribution in [2.75, 3.05) is 0 Å². The number of hydrogen-bond donors (Lipinski definition) is 0. The maximum atomic E-state index is 12.6.